The molecule has 0 atom stereocenters. The topological polar surface area (TPSA) is 84.0 Å². The number of benzene rings is 1. The van der Waals surface area contributed by atoms with Crippen molar-refractivity contribution in [2.24, 2.45) is 0 Å². The normalized spacial score (nSPS) is 10.3. The Balaban J connectivity index is 1.75. The molecule has 8 heteroatoms. The number of aromatic nitrogens is 2. The van der Waals surface area contributed by atoms with Gasteiger partial charge in [0.25, 0.3) is 11.8 Å². The first kappa shape index (κ1) is 16.7. The zero-order valence-corrected chi connectivity index (χ0v) is 13.9. The third-order valence-electron chi connectivity index (χ3n) is 3.33. The first-order chi connectivity index (χ1) is 12.0. The first-order valence-electron chi connectivity index (χ1n) is 7.27. The van der Waals surface area contributed by atoms with Gasteiger partial charge in [-0.3, -0.25) is 14.6 Å². The lowest BCUT2D eigenvalue weighted by molar-refractivity contribution is 0.102. The molecule has 0 aliphatic rings. The number of nitrogens with zero attached hydrogens (tertiary/aromatic N) is 2. The van der Waals surface area contributed by atoms with Crippen LogP contribution in [0.1, 0.15) is 25.7 Å². The molecule has 0 saturated carbocycles. The van der Waals surface area contributed by atoms with Crippen molar-refractivity contribution in [3.8, 4) is 0 Å². The highest BCUT2D eigenvalue weighted by atomic mass is 32.1. The summed E-state index contributed by atoms with van der Waals surface area (Å²) < 4.78 is 13.3. The van der Waals surface area contributed by atoms with Crippen molar-refractivity contribution in [3.05, 3.63) is 70.2 Å². The zero-order chi connectivity index (χ0) is 17.8. The van der Waals surface area contributed by atoms with Crippen molar-refractivity contribution in [3.63, 3.8) is 0 Å². The van der Waals surface area contributed by atoms with E-state index in [1.165, 1.54) is 42.1 Å². The van der Waals surface area contributed by atoms with E-state index < -0.39 is 11.8 Å². The Morgan fingerprint density at radius 3 is 2.68 bits per heavy atom. The van der Waals surface area contributed by atoms with E-state index in [1.807, 2.05) is 0 Å². The molecule has 3 aromatic rings. The van der Waals surface area contributed by atoms with Gasteiger partial charge < -0.3 is 10.6 Å². The van der Waals surface area contributed by atoms with Crippen LogP contribution in [0.25, 0.3) is 0 Å². The number of rotatable bonds is 4. The molecule has 0 aliphatic heterocycles. The van der Waals surface area contributed by atoms with Crippen LogP contribution in [0.15, 0.2) is 48.2 Å². The highest BCUT2D eigenvalue weighted by molar-refractivity contribution is 7.12. The van der Waals surface area contributed by atoms with Crippen LogP contribution in [0, 0.1) is 12.7 Å². The zero-order valence-electron chi connectivity index (χ0n) is 13.1. The van der Waals surface area contributed by atoms with E-state index in [0.717, 1.165) is 0 Å². The number of carbonyl (C=O) groups excluding carboxylic acids is 2. The van der Waals surface area contributed by atoms with Gasteiger partial charge in [0.15, 0.2) is 0 Å². The molecule has 0 bridgehead atoms. The average molecular weight is 356 g/mol. The Kier molecular flexibility index (Phi) is 4.80. The standard InChI is InChI=1S/C17H13FN4O2S/c1-10-8-11(2-3-12(10)18)21-17(24)15-13(4-7-25-15)22-16(23)14-9-19-5-6-20-14/h2-9H,1H3,(H,21,24)(H,22,23). The maximum atomic E-state index is 13.3. The van der Waals surface area contributed by atoms with E-state index in [9.17, 15) is 14.0 Å². The lowest BCUT2D eigenvalue weighted by Gasteiger charge is -2.08. The number of anilines is 2. The maximum absolute atomic E-state index is 13.3. The van der Waals surface area contributed by atoms with Crippen LogP contribution < -0.4 is 10.6 Å². The van der Waals surface area contributed by atoms with E-state index >= 15 is 0 Å². The number of thiophene rings is 1. The fourth-order valence-electron chi connectivity index (χ4n) is 2.10. The molecule has 126 valence electrons. The van der Waals surface area contributed by atoms with Crippen LogP contribution in [0.3, 0.4) is 0 Å². The fourth-order valence-corrected chi connectivity index (χ4v) is 2.84. The smallest absolute Gasteiger partial charge is 0.275 e. The van der Waals surface area contributed by atoms with Gasteiger partial charge in [-0.2, -0.15) is 0 Å². The van der Waals surface area contributed by atoms with E-state index in [0.29, 0.717) is 21.8 Å². The van der Waals surface area contributed by atoms with Crippen molar-refractivity contribution in [2.45, 2.75) is 6.92 Å². The molecule has 3 rings (SSSR count). The van der Waals surface area contributed by atoms with E-state index in [2.05, 4.69) is 20.6 Å². The van der Waals surface area contributed by atoms with Crippen molar-refractivity contribution in [1.29, 1.82) is 0 Å². The Bertz CT molecular complexity index is 927. The summed E-state index contributed by atoms with van der Waals surface area (Å²) in [6.07, 6.45) is 4.21. The lowest BCUT2D eigenvalue weighted by atomic mass is 10.2. The van der Waals surface area contributed by atoms with E-state index in [1.54, 1.807) is 24.4 Å². The third kappa shape index (κ3) is 3.86. The SMILES string of the molecule is Cc1cc(NC(=O)c2sccc2NC(=O)c2cnccn2)ccc1F. The van der Waals surface area contributed by atoms with Crippen LogP contribution in [-0.4, -0.2) is 21.8 Å². The average Bonchev–Trinajstić information content (AvgIpc) is 3.07. The number of hydrogen-bond donors (Lipinski definition) is 2. The van der Waals surface area contributed by atoms with Crippen molar-refractivity contribution >= 4 is 34.5 Å². The highest BCUT2D eigenvalue weighted by Gasteiger charge is 2.17. The molecule has 6 nitrogen and oxygen atoms in total. The Hall–Kier alpha value is -3.13. The summed E-state index contributed by atoms with van der Waals surface area (Å²) in [6, 6.07) is 5.93. The van der Waals surface area contributed by atoms with Gasteiger partial charge in [0.05, 0.1) is 11.9 Å². The maximum Gasteiger partial charge on any atom is 0.275 e. The molecule has 0 fully saturated rings. The number of carbonyl (C=O) groups is 2. The largest absolute Gasteiger partial charge is 0.321 e. The summed E-state index contributed by atoms with van der Waals surface area (Å²) in [6.45, 7) is 1.61. The molecule has 1 aromatic carbocycles. The van der Waals surface area contributed by atoms with Gasteiger partial charge in [-0.1, -0.05) is 0 Å². The molecule has 0 unspecified atom stereocenters. The minimum absolute atomic E-state index is 0.147. The van der Waals surface area contributed by atoms with Crippen LogP contribution >= 0.6 is 11.3 Å². The predicted molar refractivity (Wildman–Crippen MR) is 93.4 cm³/mol. The van der Waals surface area contributed by atoms with E-state index in [4.69, 9.17) is 0 Å². The highest BCUT2D eigenvalue weighted by Crippen LogP contribution is 2.24. The van der Waals surface area contributed by atoms with Crippen LogP contribution in [0.5, 0.6) is 0 Å². The lowest BCUT2D eigenvalue weighted by Crippen LogP contribution is -2.17. The molecule has 0 aliphatic carbocycles. The molecule has 0 radical (unpaired) electrons. The Morgan fingerprint density at radius 2 is 1.96 bits per heavy atom. The third-order valence-corrected chi connectivity index (χ3v) is 4.24. The molecule has 25 heavy (non-hydrogen) atoms. The van der Waals surface area contributed by atoms with Gasteiger partial charge in [0.2, 0.25) is 0 Å². The first-order valence-corrected chi connectivity index (χ1v) is 8.15. The predicted octanol–water partition coefficient (Wildman–Crippen LogP) is 3.49. The van der Waals surface area contributed by atoms with Crippen LogP contribution in [0.4, 0.5) is 15.8 Å². The minimum Gasteiger partial charge on any atom is -0.321 e. The summed E-state index contributed by atoms with van der Waals surface area (Å²) in [5.74, 6) is -1.19. The quantitative estimate of drug-likeness (QED) is 0.749. The van der Waals surface area contributed by atoms with Gasteiger partial charge in [-0.15, -0.1) is 11.3 Å². The second-order valence-electron chi connectivity index (χ2n) is 5.13. The van der Waals surface area contributed by atoms with Gasteiger partial charge >= 0.3 is 0 Å². The van der Waals surface area contributed by atoms with Crippen LogP contribution in [-0.2, 0) is 0 Å². The summed E-state index contributed by atoms with van der Waals surface area (Å²) in [5, 5.41) is 7.03. The summed E-state index contributed by atoms with van der Waals surface area (Å²) >= 11 is 1.18. The molecule has 2 N–H and O–H groups in total. The van der Waals surface area contributed by atoms with Crippen molar-refractivity contribution in [1.82, 2.24) is 9.97 Å². The summed E-state index contributed by atoms with van der Waals surface area (Å²) in [7, 11) is 0. The molecular weight excluding hydrogens is 343 g/mol. The Morgan fingerprint density at radius 1 is 1.12 bits per heavy atom. The van der Waals surface area contributed by atoms with Gasteiger partial charge in [0.1, 0.15) is 16.4 Å². The molecule has 2 amide bonds. The van der Waals surface area contributed by atoms with Crippen molar-refractivity contribution in [2.75, 3.05) is 10.6 Å². The second kappa shape index (κ2) is 7.18. The summed E-state index contributed by atoms with van der Waals surface area (Å²) in [5.41, 5.74) is 1.43. The number of halogens is 1. The van der Waals surface area contributed by atoms with Gasteiger partial charge in [-0.25, -0.2) is 9.37 Å². The number of aryl methyl sites for hydroxylation is 1. The Labute approximate surface area is 146 Å². The molecule has 0 spiro atoms. The number of amides is 2. The number of nitrogens with one attached hydrogen (secondary N) is 2. The molecule has 2 aromatic heterocycles. The van der Waals surface area contributed by atoms with Crippen molar-refractivity contribution < 1.29 is 14.0 Å². The molecule has 2 heterocycles. The second-order valence-corrected chi connectivity index (χ2v) is 6.04. The monoisotopic (exact) mass is 356 g/mol. The minimum atomic E-state index is -0.460. The van der Waals surface area contributed by atoms with Gasteiger partial charge in [0, 0.05) is 18.1 Å². The molecule has 0 saturated heterocycles. The fraction of sp³-hybridized carbons (Fsp3) is 0.0588. The van der Waals surface area contributed by atoms with Gasteiger partial charge in [-0.05, 0) is 42.1 Å². The summed E-state index contributed by atoms with van der Waals surface area (Å²) in [4.78, 5) is 32.7. The molecular formula is C17H13FN4O2S. The van der Waals surface area contributed by atoms with Crippen LogP contribution in [0.2, 0.25) is 0 Å². The van der Waals surface area contributed by atoms with E-state index in [-0.39, 0.29) is 11.5 Å². The number of hydrogen-bond acceptors (Lipinski definition) is 5.